The number of nitrogens with zero attached hydrogens (tertiary/aromatic N) is 21. The summed E-state index contributed by atoms with van der Waals surface area (Å²) in [5.41, 5.74) is 26.8. The molecule has 21 nitrogen and oxygen atoms in total. The summed E-state index contributed by atoms with van der Waals surface area (Å²) < 4.78 is 2.60. The molecule has 0 atom stereocenters. The molecule has 0 spiro atoms. The number of pyridine rings is 9. The first kappa shape index (κ1) is 90.4. The lowest BCUT2D eigenvalue weighted by molar-refractivity contribution is 0.660. The monoisotopic (exact) mass is 1900 g/mol. The van der Waals surface area contributed by atoms with Crippen molar-refractivity contribution in [1.29, 1.82) is 0 Å². The first-order chi connectivity index (χ1) is 71.9. The third-order valence-electron chi connectivity index (χ3n) is 25.6. The zero-order valence-corrected chi connectivity index (χ0v) is 80.3. The van der Waals surface area contributed by atoms with E-state index in [0.29, 0.717) is 104 Å². The van der Waals surface area contributed by atoms with Crippen molar-refractivity contribution >= 4 is 53.2 Å². The molecular formula is C124H85N21S. The van der Waals surface area contributed by atoms with Crippen LogP contribution >= 0.6 is 11.3 Å². The number of aryl methyl sites for hydroxylation is 2. The Labute approximate surface area is 844 Å². The molecule has 22 heteroatoms. The lowest BCUT2D eigenvalue weighted by atomic mass is 9.81. The van der Waals surface area contributed by atoms with Gasteiger partial charge in [-0.05, 0) is 212 Å². The number of fused-ring (bicyclic) bond motifs is 8. The molecular weight excluding hydrogens is 1820 g/mol. The summed E-state index contributed by atoms with van der Waals surface area (Å²) in [7, 11) is 0. The summed E-state index contributed by atoms with van der Waals surface area (Å²) in [4.78, 5) is 97.2. The van der Waals surface area contributed by atoms with Crippen molar-refractivity contribution in [2.75, 3.05) is 0 Å². The summed E-state index contributed by atoms with van der Waals surface area (Å²) in [6, 6.07) is 131. The standard InChI is InChI=1S/C34H25N5.C31H19N5S.C31H23N5.C28H18N6/c1-34(2)27-10-4-3-9-25(27)26-18-17-24(21-28(26)34)22-13-15-23(16-14-22)31-37-32(29-11-5-7-19-35-29)39-33(38-31)30-12-6-8-20-36-30;1-2-13-27-23(8-1)24-10-7-9-22(28(24)37-27)20-14-16-21(17-15-20)29-34-30(25-11-3-5-18-32-25)36-31(35-29)26-12-4-6-19-33-26;1-20-7-5-17-32-27(20)30-34-29(35-31(36-30)28-21(2)8-6-18-33-28)24-14-11-23(12-15-24)26-16-13-22-9-3-4-10-25(22)19-26;1-2-8-23-21(7-1)17-22(18-31-23)19-11-13-20(14-12-19)26-32-27(24-9-3-5-15-29-24)34-28(33-26)25-10-4-6-16-30-25/h3-21H,1-2H3;1-19H;3-19H,1-2H3;1-18H. The van der Waals surface area contributed by atoms with Crippen molar-refractivity contribution < 1.29 is 0 Å². The molecule has 0 aliphatic heterocycles. The molecule has 0 saturated heterocycles. The fraction of sp³-hybridized carbons (Fsp3) is 0.0403. The number of thiophene rings is 1. The van der Waals surface area contributed by atoms with Gasteiger partial charge >= 0.3 is 0 Å². The number of hydrogen-bond donors (Lipinski definition) is 0. The van der Waals surface area contributed by atoms with Gasteiger partial charge in [0.05, 0.1) is 5.52 Å². The van der Waals surface area contributed by atoms with Crippen LogP contribution < -0.4 is 0 Å². The molecule has 25 aromatic rings. The van der Waals surface area contributed by atoms with E-state index in [9.17, 15) is 0 Å². The van der Waals surface area contributed by atoms with Crippen LogP contribution in [0.3, 0.4) is 0 Å². The number of para-hydroxylation sites is 1. The average Bonchev–Trinajstić information content (AvgIpc) is 1.58. The quantitative estimate of drug-likeness (QED) is 0.0869. The van der Waals surface area contributed by atoms with Gasteiger partial charge in [-0.2, -0.15) is 0 Å². The summed E-state index contributed by atoms with van der Waals surface area (Å²) >= 11 is 1.84. The molecule has 0 bridgehead atoms. The Morgan fingerprint density at radius 3 is 0.986 bits per heavy atom. The molecule has 146 heavy (non-hydrogen) atoms. The smallest absolute Gasteiger partial charge is 0.182 e. The second-order valence-corrected chi connectivity index (χ2v) is 36.4. The van der Waals surface area contributed by atoms with E-state index in [2.05, 4.69) is 298 Å². The molecule has 14 heterocycles. The maximum absolute atomic E-state index is 4.82. The summed E-state index contributed by atoms with van der Waals surface area (Å²) in [6.07, 6.45) is 15.8. The van der Waals surface area contributed by atoms with Gasteiger partial charge in [-0.15, -0.1) is 11.3 Å². The SMILES string of the molecule is CC1(C)c2ccccc2-c2ccc(-c3ccc(-c4nc(-c5ccccn5)nc(-c5ccccn5)n4)cc3)cc21.Cc1cccnc1-c1nc(-c2ccc(-c3ccc4ccccc4c3)cc2)nc(-c2ncccc2C)n1.c1ccc(-c2nc(-c3ccc(-c4cccc5c4sc4ccccc45)cc3)nc(-c3ccccn3)n2)nc1.c1ccc(-c2nc(-c3ccc(-c4cnc5ccccc5c4)cc3)nc(-c3ccccn3)n2)nc1. The number of benzene rings is 11. The molecule has 0 fully saturated rings. The minimum absolute atomic E-state index is 0.0312. The van der Waals surface area contributed by atoms with Crippen molar-refractivity contribution in [1.82, 2.24) is 105 Å². The van der Waals surface area contributed by atoms with Crippen LogP contribution in [-0.2, 0) is 5.41 Å². The second-order valence-electron chi connectivity index (χ2n) is 35.4. The Balaban J connectivity index is 0.000000108. The minimum atomic E-state index is -0.0312. The van der Waals surface area contributed by atoms with Gasteiger partial charge in [0.2, 0.25) is 0 Å². The topological polar surface area (TPSA) is 271 Å². The Bertz CT molecular complexity index is 8840. The number of hydrogen-bond acceptors (Lipinski definition) is 22. The zero-order chi connectivity index (χ0) is 98.2. The van der Waals surface area contributed by atoms with Crippen molar-refractivity contribution in [2.24, 2.45) is 0 Å². The van der Waals surface area contributed by atoms with Crippen LogP contribution in [0.5, 0.6) is 0 Å². The van der Waals surface area contributed by atoms with E-state index in [1.807, 2.05) is 195 Å². The molecule has 0 amide bonds. The van der Waals surface area contributed by atoms with E-state index in [0.717, 1.165) is 83.5 Å². The van der Waals surface area contributed by atoms with Gasteiger partial charge in [0.15, 0.2) is 69.9 Å². The van der Waals surface area contributed by atoms with Crippen molar-refractivity contribution in [2.45, 2.75) is 33.1 Å². The van der Waals surface area contributed by atoms with E-state index < -0.39 is 0 Å². The largest absolute Gasteiger partial charge is 0.256 e. The van der Waals surface area contributed by atoms with Gasteiger partial charge in [-0.3, -0.25) is 44.9 Å². The molecule has 1 aliphatic rings. The first-order valence-electron chi connectivity index (χ1n) is 47.7. The fourth-order valence-electron chi connectivity index (χ4n) is 18.0. The Morgan fingerprint density at radius 2 is 0.527 bits per heavy atom. The molecule has 692 valence electrons. The number of rotatable bonds is 16. The Morgan fingerprint density at radius 1 is 0.199 bits per heavy atom. The predicted molar refractivity (Wildman–Crippen MR) is 581 cm³/mol. The molecule has 26 rings (SSSR count). The maximum atomic E-state index is 4.82. The van der Waals surface area contributed by atoms with Crippen LogP contribution in [0.2, 0.25) is 0 Å². The lowest BCUT2D eigenvalue weighted by Crippen LogP contribution is -2.14. The summed E-state index contributed by atoms with van der Waals surface area (Å²) in [6.45, 7) is 8.64. The van der Waals surface area contributed by atoms with Crippen molar-refractivity contribution in [3.63, 3.8) is 0 Å². The molecule has 0 N–H and O–H groups in total. The van der Waals surface area contributed by atoms with E-state index in [1.165, 1.54) is 69.9 Å². The van der Waals surface area contributed by atoms with E-state index >= 15 is 0 Å². The van der Waals surface area contributed by atoms with Gasteiger partial charge < -0.3 is 0 Å². The third-order valence-corrected chi connectivity index (χ3v) is 26.8. The predicted octanol–water partition coefficient (Wildman–Crippen LogP) is 28.3. The fourth-order valence-corrected chi connectivity index (χ4v) is 19.3. The molecule has 0 radical (unpaired) electrons. The Kier molecular flexibility index (Phi) is 25.0. The van der Waals surface area contributed by atoms with Gasteiger partial charge in [0.25, 0.3) is 0 Å². The second kappa shape index (κ2) is 40.4. The molecule has 0 saturated carbocycles. The summed E-state index contributed by atoms with van der Waals surface area (Å²) in [5, 5.41) is 6.16. The highest BCUT2D eigenvalue weighted by atomic mass is 32.1. The van der Waals surface area contributed by atoms with E-state index in [1.54, 1.807) is 49.6 Å². The molecule has 11 aromatic carbocycles. The van der Waals surface area contributed by atoms with E-state index in [4.69, 9.17) is 44.9 Å². The van der Waals surface area contributed by atoms with Gasteiger partial charge in [0, 0.05) is 115 Å². The van der Waals surface area contributed by atoms with Gasteiger partial charge in [-0.25, -0.2) is 59.8 Å². The normalized spacial score (nSPS) is 11.6. The highest BCUT2D eigenvalue weighted by Crippen LogP contribution is 2.50. The van der Waals surface area contributed by atoms with Gasteiger partial charge in [-0.1, -0.05) is 287 Å². The van der Waals surface area contributed by atoms with Crippen LogP contribution in [-0.4, -0.2) is 105 Å². The zero-order valence-electron chi connectivity index (χ0n) is 79.4. The maximum Gasteiger partial charge on any atom is 0.182 e. The summed E-state index contributed by atoms with van der Waals surface area (Å²) in [5.74, 6) is 6.50. The highest BCUT2D eigenvalue weighted by molar-refractivity contribution is 7.26. The minimum Gasteiger partial charge on any atom is -0.256 e. The molecule has 14 aromatic heterocycles. The van der Waals surface area contributed by atoms with Crippen LogP contribution in [0.25, 0.3) is 235 Å². The number of aromatic nitrogens is 21. The lowest BCUT2D eigenvalue weighted by Gasteiger charge is -2.22. The van der Waals surface area contributed by atoms with Crippen LogP contribution in [0, 0.1) is 13.8 Å². The van der Waals surface area contributed by atoms with Crippen molar-refractivity contribution in [3.05, 3.63) is 466 Å². The van der Waals surface area contributed by atoms with Crippen LogP contribution in [0.4, 0.5) is 0 Å². The average molecular weight is 1900 g/mol. The highest BCUT2D eigenvalue weighted by Gasteiger charge is 2.36. The van der Waals surface area contributed by atoms with E-state index in [-0.39, 0.29) is 5.41 Å². The molecule has 0 unspecified atom stereocenters. The molecule has 1 aliphatic carbocycles. The van der Waals surface area contributed by atoms with Crippen LogP contribution in [0.1, 0.15) is 36.1 Å². The van der Waals surface area contributed by atoms with Gasteiger partial charge in [0.1, 0.15) is 45.6 Å². The third kappa shape index (κ3) is 19.1. The first-order valence-corrected chi connectivity index (χ1v) is 48.5. The Hall–Kier alpha value is -19.5. The van der Waals surface area contributed by atoms with Crippen LogP contribution in [0.15, 0.2) is 444 Å². The van der Waals surface area contributed by atoms with Crippen molar-refractivity contribution in [3.8, 4) is 193 Å².